The number of nitrogens with one attached hydrogen (secondary N) is 1. The number of aromatic nitrogens is 4. The topological polar surface area (TPSA) is 81.9 Å². The maximum atomic E-state index is 11.6. The van der Waals surface area contributed by atoms with Crippen molar-refractivity contribution in [3.05, 3.63) is 29.8 Å². The van der Waals surface area contributed by atoms with Crippen LogP contribution < -0.4 is 5.32 Å². The second kappa shape index (κ2) is 6.76. The molecule has 0 saturated carbocycles. The molecule has 0 spiro atoms. The highest BCUT2D eigenvalue weighted by Gasteiger charge is 2.08. The molecule has 1 heterocycles. The number of aryl methyl sites for hydroxylation is 1. The van der Waals surface area contributed by atoms with Crippen molar-refractivity contribution < 1.29 is 9.53 Å². The summed E-state index contributed by atoms with van der Waals surface area (Å²) in [6, 6.07) is 7.81. The summed E-state index contributed by atoms with van der Waals surface area (Å²) in [7, 11) is 1.58. The molecule has 0 atom stereocenters. The first-order chi connectivity index (χ1) is 9.69. The predicted octanol–water partition coefficient (Wildman–Crippen LogP) is 0.411. The molecule has 2 rings (SSSR count). The molecule has 0 aliphatic rings. The highest BCUT2D eigenvalue weighted by Crippen LogP contribution is 2.13. The molecule has 0 aliphatic carbocycles. The zero-order valence-corrected chi connectivity index (χ0v) is 11.5. The largest absolute Gasteiger partial charge is 0.383 e. The van der Waals surface area contributed by atoms with Crippen molar-refractivity contribution in [1.82, 2.24) is 25.5 Å². The second-order valence-corrected chi connectivity index (χ2v) is 4.35. The van der Waals surface area contributed by atoms with Gasteiger partial charge in [0.1, 0.15) is 6.54 Å². The van der Waals surface area contributed by atoms with Crippen molar-refractivity contribution in [2.24, 2.45) is 0 Å². The summed E-state index contributed by atoms with van der Waals surface area (Å²) in [4.78, 5) is 12.9. The number of nitrogens with zero attached hydrogens (tertiary/aromatic N) is 4. The molecule has 2 aromatic rings. The maximum absolute atomic E-state index is 11.6. The Morgan fingerprint density at radius 1 is 1.35 bits per heavy atom. The molecule has 20 heavy (non-hydrogen) atoms. The van der Waals surface area contributed by atoms with Gasteiger partial charge in [-0.25, -0.2) is 0 Å². The van der Waals surface area contributed by atoms with Gasteiger partial charge in [-0.15, -0.1) is 10.2 Å². The number of rotatable bonds is 6. The van der Waals surface area contributed by atoms with Crippen molar-refractivity contribution in [3.8, 4) is 11.4 Å². The lowest BCUT2D eigenvalue weighted by atomic mass is 10.1. The summed E-state index contributed by atoms with van der Waals surface area (Å²) in [6.45, 7) is 3.00. The number of hydrogen-bond acceptors (Lipinski definition) is 5. The van der Waals surface area contributed by atoms with Crippen LogP contribution in [-0.2, 0) is 16.1 Å². The van der Waals surface area contributed by atoms with Gasteiger partial charge in [-0.3, -0.25) is 4.79 Å². The SMILES string of the molecule is COCCNC(=O)Cn1nnc(-c2ccc(C)cc2)n1. The zero-order chi connectivity index (χ0) is 14.4. The number of ether oxygens (including phenoxy) is 1. The van der Waals surface area contributed by atoms with E-state index >= 15 is 0 Å². The number of benzene rings is 1. The summed E-state index contributed by atoms with van der Waals surface area (Å²) in [6.07, 6.45) is 0. The first-order valence-electron chi connectivity index (χ1n) is 6.29. The summed E-state index contributed by atoms with van der Waals surface area (Å²) in [5, 5.41) is 14.7. The van der Waals surface area contributed by atoms with Gasteiger partial charge in [-0.2, -0.15) is 4.80 Å². The molecule has 7 nitrogen and oxygen atoms in total. The Kier molecular flexibility index (Phi) is 4.78. The van der Waals surface area contributed by atoms with Gasteiger partial charge in [-0.05, 0) is 12.1 Å². The fourth-order valence-electron chi connectivity index (χ4n) is 1.61. The minimum absolute atomic E-state index is 0.0442. The van der Waals surface area contributed by atoms with Crippen LogP contribution in [0.25, 0.3) is 11.4 Å². The highest BCUT2D eigenvalue weighted by molar-refractivity contribution is 5.75. The third-order valence-electron chi connectivity index (χ3n) is 2.68. The standard InChI is InChI=1S/C13H17N5O2/c1-10-3-5-11(6-4-10)13-15-17-18(16-13)9-12(19)14-7-8-20-2/h3-6H,7-9H2,1-2H3,(H,14,19). The third kappa shape index (κ3) is 3.86. The van der Waals surface area contributed by atoms with Gasteiger partial charge in [0.15, 0.2) is 0 Å². The van der Waals surface area contributed by atoms with Gasteiger partial charge in [0.2, 0.25) is 11.7 Å². The quantitative estimate of drug-likeness (QED) is 0.772. The Labute approximate surface area is 116 Å². The van der Waals surface area contributed by atoms with E-state index in [0.717, 1.165) is 5.56 Å². The normalized spacial score (nSPS) is 10.5. The van der Waals surface area contributed by atoms with Crippen molar-refractivity contribution in [3.63, 3.8) is 0 Å². The molecule has 1 N–H and O–H groups in total. The van der Waals surface area contributed by atoms with E-state index in [0.29, 0.717) is 19.0 Å². The fourth-order valence-corrected chi connectivity index (χ4v) is 1.61. The van der Waals surface area contributed by atoms with Gasteiger partial charge in [0.05, 0.1) is 6.61 Å². The molecule has 106 valence electrons. The van der Waals surface area contributed by atoms with Crippen LogP contribution in [0.15, 0.2) is 24.3 Å². The predicted molar refractivity (Wildman–Crippen MR) is 72.9 cm³/mol. The first kappa shape index (κ1) is 14.1. The Hall–Kier alpha value is -2.28. The lowest BCUT2D eigenvalue weighted by molar-refractivity contribution is -0.122. The van der Waals surface area contributed by atoms with Crippen molar-refractivity contribution in [1.29, 1.82) is 0 Å². The molecule has 1 aromatic heterocycles. The number of tetrazole rings is 1. The lowest BCUT2D eigenvalue weighted by Gasteiger charge is -2.02. The van der Waals surface area contributed by atoms with E-state index in [4.69, 9.17) is 4.74 Å². The van der Waals surface area contributed by atoms with Gasteiger partial charge in [0, 0.05) is 19.2 Å². The van der Waals surface area contributed by atoms with Crippen molar-refractivity contribution >= 4 is 5.91 Å². The summed E-state index contributed by atoms with van der Waals surface area (Å²) >= 11 is 0. The zero-order valence-electron chi connectivity index (χ0n) is 11.5. The Bertz CT molecular complexity index is 564. The van der Waals surface area contributed by atoms with E-state index in [1.54, 1.807) is 7.11 Å². The molecular formula is C13H17N5O2. The molecular weight excluding hydrogens is 258 g/mol. The van der Waals surface area contributed by atoms with Crippen LogP contribution >= 0.6 is 0 Å². The van der Waals surface area contributed by atoms with E-state index in [1.165, 1.54) is 10.4 Å². The van der Waals surface area contributed by atoms with Crippen molar-refractivity contribution in [2.75, 3.05) is 20.3 Å². The highest BCUT2D eigenvalue weighted by atomic mass is 16.5. The van der Waals surface area contributed by atoms with Gasteiger partial charge in [-0.1, -0.05) is 29.8 Å². The average Bonchev–Trinajstić information content (AvgIpc) is 2.88. The lowest BCUT2D eigenvalue weighted by Crippen LogP contribution is -2.31. The minimum atomic E-state index is -0.171. The molecule has 0 radical (unpaired) electrons. The monoisotopic (exact) mass is 275 g/mol. The molecule has 0 aliphatic heterocycles. The summed E-state index contributed by atoms with van der Waals surface area (Å²) < 4.78 is 4.85. The summed E-state index contributed by atoms with van der Waals surface area (Å²) in [5.74, 6) is 0.338. The van der Waals surface area contributed by atoms with E-state index in [9.17, 15) is 4.79 Å². The van der Waals surface area contributed by atoms with Gasteiger partial charge in [0.25, 0.3) is 0 Å². The van der Waals surface area contributed by atoms with Gasteiger partial charge < -0.3 is 10.1 Å². The van der Waals surface area contributed by atoms with Crippen LogP contribution in [0.5, 0.6) is 0 Å². The van der Waals surface area contributed by atoms with Crippen LogP contribution in [0.4, 0.5) is 0 Å². The van der Waals surface area contributed by atoms with Crippen LogP contribution in [-0.4, -0.2) is 46.4 Å². The Balaban J connectivity index is 1.95. The summed E-state index contributed by atoms with van der Waals surface area (Å²) in [5.41, 5.74) is 2.04. The first-order valence-corrected chi connectivity index (χ1v) is 6.29. The van der Waals surface area contributed by atoms with E-state index in [-0.39, 0.29) is 12.5 Å². The minimum Gasteiger partial charge on any atom is -0.383 e. The number of carbonyl (C=O) groups is 1. The van der Waals surface area contributed by atoms with Gasteiger partial charge >= 0.3 is 0 Å². The number of amides is 1. The third-order valence-corrected chi connectivity index (χ3v) is 2.68. The molecule has 0 bridgehead atoms. The van der Waals surface area contributed by atoms with Crippen LogP contribution in [0.1, 0.15) is 5.56 Å². The molecule has 1 amide bonds. The van der Waals surface area contributed by atoms with Crippen LogP contribution in [0, 0.1) is 6.92 Å². The van der Waals surface area contributed by atoms with E-state index in [2.05, 4.69) is 20.7 Å². The van der Waals surface area contributed by atoms with Crippen LogP contribution in [0.2, 0.25) is 0 Å². The number of hydrogen-bond donors (Lipinski definition) is 1. The Morgan fingerprint density at radius 2 is 2.10 bits per heavy atom. The molecule has 0 unspecified atom stereocenters. The van der Waals surface area contributed by atoms with E-state index in [1.807, 2.05) is 31.2 Å². The van der Waals surface area contributed by atoms with E-state index < -0.39 is 0 Å². The molecule has 7 heteroatoms. The number of carbonyl (C=O) groups excluding carboxylic acids is 1. The van der Waals surface area contributed by atoms with Crippen molar-refractivity contribution in [2.45, 2.75) is 13.5 Å². The molecule has 0 saturated heterocycles. The molecule has 1 aromatic carbocycles. The fraction of sp³-hybridized carbons (Fsp3) is 0.385. The van der Waals surface area contributed by atoms with Crippen LogP contribution in [0.3, 0.4) is 0 Å². The maximum Gasteiger partial charge on any atom is 0.243 e. The average molecular weight is 275 g/mol. The Morgan fingerprint density at radius 3 is 2.80 bits per heavy atom. The number of methoxy groups -OCH3 is 1. The molecule has 0 fully saturated rings. The smallest absolute Gasteiger partial charge is 0.243 e. The second-order valence-electron chi connectivity index (χ2n) is 4.35.